The molecule has 0 radical (unpaired) electrons. The summed E-state index contributed by atoms with van der Waals surface area (Å²) in [5.41, 5.74) is 0. The number of carboxylic acids is 1. The van der Waals surface area contributed by atoms with Crippen LogP contribution in [0, 0.1) is 0 Å². The minimum absolute atomic E-state index is 0.149. The van der Waals surface area contributed by atoms with E-state index in [1.807, 2.05) is 21.1 Å². The lowest BCUT2D eigenvalue weighted by Gasteiger charge is -2.26. The Morgan fingerprint density at radius 1 is 0.369 bits per heavy atom. The molecule has 0 aromatic heterocycles. The molecule has 2 atom stereocenters. The van der Waals surface area contributed by atoms with E-state index in [1.165, 1.54) is 244 Å². The fourth-order valence-corrected chi connectivity index (χ4v) is 10.6. The van der Waals surface area contributed by atoms with Crippen molar-refractivity contribution in [2.75, 3.05) is 47.5 Å². The van der Waals surface area contributed by atoms with Crippen molar-refractivity contribution >= 4 is 17.9 Å². The summed E-state index contributed by atoms with van der Waals surface area (Å²) in [6.45, 7) is 4.70. The number of aliphatic carboxylic acids is 1. The zero-order chi connectivity index (χ0) is 61.2. The molecule has 0 spiro atoms. The van der Waals surface area contributed by atoms with Crippen LogP contribution >= 0.6 is 0 Å². The van der Waals surface area contributed by atoms with Crippen LogP contribution in [0.1, 0.15) is 341 Å². The third kappa shape index (κ3) is 66.5. The van der Waals surface area contributed by atoms with Gasteiger partial charge in [0.15, 0.2) is 12.4 Å². The van der Waals surface area contributed by atoms with Crippen molar-refractivity contribution in [3.8, 4) is 0 Å². The van der Waals surface area contributed by atoms with Crippen LogP contribution < -0.4 is 5.11 Å². The first kappa shape index (κ1) is 81.0. The van der Waals surface area contributed by atoms with Crippen LogP contribution in [0.15, 0.2) is 60.8 Å². The van der Waals surface area contributed by atoms with Crippen molar-refractivity contribution in [2.45, 2.75) is 354 Å². The van der Waals surface area contributed by atoms with Gasteiger partial charge in [0.25, 0.3) is 0 Å². The van der Waals surface area contributed by atoms with Gasteiger partial charge in [-0.05, 0) is 57.8 Å². The fraction of sp³-hybridized carbons (Fsp3) is 0.827. The number of nitrogens with zero attached hydrogens (tertiary/aromatic N) is 1. The third-order valence-corrected chi connectivity index (χ3v) is 16.0. The van der Waals surface area contributed by atoms with Crippen LogP contribution in [0.2, 0.25) is 0 Å². The maximum Gasteiger partial charge on any atom is 0.306 e. The summed E-state index contributed by atoms with van der Waals surface area (Å²) >= 11 is 0. The van der Waals surface area contributed by atoms with Gasteiger partial charge >= 0.3 is 11.9 Å². The van der Waals surface area contributed by atoms with Crippen molar-refractivity contribution in [1.29, 1.82) is 0 Å². The monoisotopic (exact) mass is 1180 g/mol. The van der Waals surface area contributed by atoms with Crippen LogP contribution in [-0.4, -0.2) is 82.3 Å². The molecule has 0 fully saturated rings. The SMILES string of the molecule is CC/C=C\C/C=C\C/C=C\C/C=C\C/C=C\CCCCCCCCCCCCCCCCCC(=O)OC(COC(=O)CCCCCCCCCCCCCCCCCCCCCCCCCCCCCC)COC(OCC[N+](C)(C)C)C(=O)[O-]. The van der Waals surface area contributed by atoms with Crippen molar-refractivity contribution in [1.82, 2.24) is 0 Å². The molecule has 0 aliphatic heterocycles. The van der Waals surface area contributed by atoms with Gasteiger partial charge in [0.05, 0.1) is 40.3 Å². The molecule has 0 saturated carbocycles. The Balaban J connectivity index is 4.07. The van der Waals surface area contributed by atoms with Gasteiger partial charge in [0.1, 0.15) is 13.2 Å². The highest BCUT2D eigenvalue weighted by molar-refractivity contribution is 5.70. The Morgan fingerprint density at radius 3 is 1.01 bits per heavy atom. The zero-order valence-corrected chi connectivity index (χ0v) is 56.0. The lowest BCUT2D eigenvalue weighted by atomic mass is 10.0. The van der Waals surface area contributed by atoms with E-state index in [-0.39, 0.29) is 32.2 Å². The molecule has 0 aromatic rings. The van der Waals surface area contributed by atoms with Gasteiger partial charge in [-0.1, -0.05) is 331 Å². The number of likely N-dealkylation sites (N-methyl/N-ethyl adjacent to an activating group) is 1. The van der Waals surface area contributed by atoms with Crippen LogP contribution in [-0.2, 0) is 33.3 Å². The molecule has 0 aliphatic rings. The van der Waals surface area contributed by atoms with Crippen LogP contribution in [0.25, 0.3) is 0 Å². The number of hydrogen-bond acceptors (Lipinski definition) is 8. The average Bonchev–Trinajstić information content (AvgIpc) is 3.51. The Kier molecular flexibility index (Phi) is 63.6. The van der Waals surface area contributed by atoms with Gasteiger partial charge in [0.2, 0.25) is 0 Å². The normalized spacial score (nSPS) is 13.0. The third-order valence-electron chi connectivity index (χ3n) is 16.0. The van der Waals surface area contributed by atoms with Gasteiger partial charge in [-0.15, -0.1) is 0 Å². The number of carboxylic acid groups (broad SMARTS) is 1. The van der Waals surface area contributed by atoms with Crippen molar-refractivity contribution in [3.63, 3.8) is 0 Å². The Morgan fingerprint density at radius 2 is 0.679 bits per heavy atom. The molecule has 490 valence electrons. The molecule has 0 rings (SSSR count). The number of carbonyl (C=O) groups excluding carboxylic acids is 3. The number of carbonyl (C=O) groups is 3. The number of hydrogen-bond donors (Lipinski definition) is 0. The predicted molar refractivity (Wildman–Crippen MR) is 357 cm³/mol. The van der Waals surface area contributed by atoms with E-state index in [2.05, 4.69) is 74.6 Å². The first-order valence-electron chi connectivity index (χ1n) is 35.9. The highest BCUT2D eigenvalue weighted by Crippen LogP contribution is 2.19. The Hall–Kier alpha value is -3.01. The molecule has 0 N–H and O–H groups in total. The first-order valence-corrected chi connectivity index (χ1v) is 35.9. The maximum atomic E-state index is 12.9. The van der Waals surface area contributed by atoms with E-state index in [4.69, 9.17) is 18.9 Å². The molecule has 0 bridgehead atoms. The number of unbranched alkanes of at least 4 members (excludes halogenated alkanes) is 42. The van der Waals surface area contributed by atoms with Gasteiger partial charge in [0, 0.05) is 12.8 Å². The lowest BCUT2D eigenvalue weighted by Crippen LogP contribution is -2.44. The standard InChI is InChI=1S/C75H137NO8/c1-6-8-10-12-14-16-18-20-22-24-26-28-30-32-34-36-37-38-40-42-44-46-48-50-52-54-56-58-60-62-64-66-73(78)84-71(70-83-75(74(79)80)81-68-67-76(3,4)5)69-82-72(77)65-63-61-59-57-55-53-51-49-47-45-43-41-39-35-33-31-29-27-25-23-21-19-17-15-13-11-9-7-2/h8,10,14,16,20,22,26,28,32,34,71,75H,6-7,9,11-13,15,17-19,21,23-25,27,29-31,33,35-70H2,1-5H3/b10-8-,16-14-,22-20-,28-26-,34-32-. The minimum Gasteiger partial charge on any atom is -0.545 e. The van der Waals surface area contributed by atoms with Crippen LogP contribution in [0.3, 0.4) is 0 Å². The summed E-state index contributed by atoms with van der Waals surface area (Å²) in [5.74, 6) is -2.26. The van der Waals surface area contributed by atoms with E-state index in [9.17, 15) is 19.5 Å². The number of ether oxygens (including phenoxy) is 4. The summed E-state index contributed by atoms with van der Waals surface area (Å²) in [7, 11) is 5.94. The van der Waals surface area contributed by atoms with Crippen molar-refractivity contribution in [2.24, 2.45) is 0 Å². The largest absolute Gasteiger partial charge is 0.545 e. The van der Waals surface area contributed by atoms with E-state index < -0.39 is 24.3 Å². The number of rotatable bonds is 67. The molecule has 0 heterocycles. The highest BCUT2D eigenvalue weighted by Gasteiger charge is 2.22. The van der Waals surface area contributed by atoms with E-state index in [0.29, 0.717) is 23.9 Å². The first-order chi connectivity index (χ1) is 41.1. The van der Waals surface area contributed by atoms with Crippen molar-refractivity contribution in [3.05, 3.63) is 60.8 Å². The summed E-state index contributed by atoms with van der Waals surface area (Å²) in [6.07, 6.45) is 83.1. The highest BCUT2D eigenvalue weighted by atomic mass is 16.7. The maximum absolute atomic E-state index is 12.9. The molecule has 0 saturated heterocycles. The average molecular weight is 1180 g/mol. The Bertz CT molecular complexity index is 1560. The fourth-order valence-electron chi connectivity index (χ4n) is 10.6. The smallest absolute Gasteiger partial charge is 0.306 e. The minimum atomic E-state index is -1.62. The zero-order valence-electron chi connectivity index (χ0n) is 56.0. The van der Waals surface area contributed by atoms with Crippen molar-refractivity contribution < 1.29 is 42.9 Å². The summed E-state index contributed by atoms with van der Waals surface area (Å²) < 4.78 is 22.8. The summed E-state index contributed by atoms with van der Waals surface area (Å²) in [5, 5.41) is 11.8. The lowest BCUT2D eigenvalue weighted by molar-refractivity contribution is -0.870. The Labute approximate surface area is 520 Å². The number of allylic oxidation sites excluding steroid dienone is 10. The second-order valence-corrected chi connectivity index (χ2v) is 25.5. The molecule has 2 unspecified atom stereocenters. The molecule has 84 heavy (non-hydrogen) atoms. The van der Waals surface area contributed by atoms with Crippen LogP contribution in [0.5, 0.6) is 0 Å². The van der Waals surface area contributed by atoms with E-state index >= 15 is 0 Å². The molecule has 0 amide bonds. The molecule has 0 aromatic carbocycles. The number of quaternary nitrogens is 1. The van der Waals surface area contributed by atoms with Gasteiger partial charge in [-0.25, -0.2) is 0 Å². The van der Waals surface area contributed by atoms with Crippen LogP contribution in [0.4, 0.5) is 0 Å². The molecular weight excluding hydrogens is 1040 g/mol. The second-order valence-electron chi connectivity index (χ2n) is 25.5. The predicted octanol–water partition coefficient (Wildman–Crippen LogP) is 21.0. The molecule has 9 heteroatoms. The summed E-state index contributed by atoms with van der Waals surface area (Å²) in [6, 6.07) is 0. The molecular formula is C75H137NO8. The van der Waals surface area contributed by atoms with Gasteiger partial charge in [-0.3, -0.25) is 9.59 Å². The van der Waals surface area contributed by atoms with E-state index in [1.54, 1.807) is 0 Å². The van der Waals surface area contributed by atoms with E-state index in [0.717, 1.165) is 64.2 Å². The van der Waals surface area contributed by atoms with Gasteiger partial charge < -0.3 is 33.3 Å². The molecule has 0 aliphatic carbocycles. The van der Waals surface area contributed by atoms with Gasteiger partial charge in [-0.2, -0.15) is 0 Å². The molecule has 9 nitrogen and oxygen atoms in total. The second kappa shape index (κ2) is 66.0. The topological polar surface area (TPSA) is 111 Å². The quantitative estimate of drug-likeness (QED) is 0.0195. The number of esters is 2. The summed E-state index contributed by atoms with van der Waals surface area (Å²) in [4.78, 5) is 37.5.